The molecule has 0 aliphatic heterocycles. The van der Waals surface area contributed by atoms with Crippen LogP contribution in [0.15, 0.2) is 12.4 Å². The molecule has 1 aromatic rings. The van der Waals surface area contributed by atoms with Crippen molar-refractivity contribution in [1.82, 2.24) is 10.0 Å². The van der Waals surface area contributed by atoms with E-state index in [4.69, 9.17) is 5.21 Å². The van der Waals surface area contributed by atoms with Crippen LogP contribution in [0, 0.1) is 20.2 Å². The summed E-state index contributed by atoms with van der Waals surface area (Å²) in [5.74, 6) is 2.25. The summed E-state index contributed by atoms with van der Waals surface area (Å²) in [5.41, 5.74) is 5.42. The molecule has 0 bridgehead atoms. The Morgan fingerprint density at radius 2 is 2.00 bits per heavy atom. The van der Waals surface area contributed by atoms with E-state index >= 15 is 0 Å². The molecule has 15 heavy (non-hydrogen) atoms. The minimum absolute atomic E-state index is 0.535. The predicted octanol–water partition coefficient (Wildman–Crippen LogP) is -2.55. The summed E-state index contributed by atoms with van der Waals surface area (Å²) in [6.07, 6.45) is 2.08. The minimum atomic E-state index is -0.997. The van der Waals surface area contributed by atoms with Gasteiger partial charge in [0.15, 0.2) is 12.4 Å². The Kier molecular flexibility index (Phi) is 4.98. The number of aromatic nitrogens is 3. The van der Waals surface area contributed by atoms with E-state index in [2.05, 4.69) is 22.2 Å². The van der Waals surface area contributed by atoms with Crippen molar-refractivity contribution in [2.24, 2.45) is 0 Å². The van der Waals surface area contributed by atoms with E-state index in [1.54, 1.807) is 0 Å². The molecule has 84 valence electrons. The highest BCUT2D eigenvalue weighted by molar-refractivity contribution is 4.65. The first kappa shape index (κ1) is 12.5. The highest BCUT2D eigenvalue weighted by Crippen LogP contribution is 1.89. The third kappa shape index (κ3) is 4.90. The number of nitro groups is 2. The maximum Gasteiger partial charge on any atom is 0.185 e. The van der Waals surface area contributed by atoms with Gasteiger partial charge in [0.25, 0.3) is 0 Å². The first-order chi connectivity index (χ1) is 7.08. The van der Waals surface area contributed by atoms with Crippen molar-refractivity contribution in [2.75, 3.05) is 0 Å². The van der Waals surface area contributed by atoms with Gasteiger partial charge in [-0.15, -0.1) is 9.58 Å². The lowest BCUT2D eigenvalue weighted by atomic mass is 10.9. The smallest absolute Gasteiger partial charge is 0.185 e. The zero-order chi connectivity index (χ0) is 11.8. The van der Waals surface area contributed by atoms with Crippen LogP contribution >= 0.6 is 0 Å². The molecule has 0 spiro atoms. The molecule has 0 saturated heterocycles. The average Bonchev–Trinajstić information content (AvgIpc) is 2.54. The minimum Gasteiger partial charge on any atom is -0.355 e. The standard InChI is InChI=1S/C2H2N7O4.H4NO/c10-8(11)4-6-1-2-7(3-6)5-9(12)13;1-2/h1-2H;2H,1H3/q-1;+1. The van der Waals surface area contributed by atoms with Crippen molar-refractivity contribution in [3.8, 4) is 0 Å². The summed E-state index contributed by atoms with van der Waals surface area (Å²) in [7, 11) is 0. The summed E-state index contributed by atoms with van der Waals surface area (Å²) in [5, 5.41) is 27.6. The van der Waals surface area contributed by atoms with Crippen molar-refractivity contribution >= 4 is 0 Å². The van der Waals surface area contributed by atoms with E-state index in [-0.39, 0.29) is 0 Å². The van der Waals surface area contributed by atoms with Crippen LogP contribution in [0.5, 0.6) is 0 Å². The molecule has 0 saturated carbocycles. The van der Waals surface area contributed by atoms with Gasteiger partial charge in [-0.2, -0.15) is 0 Å². The van der Waals surface area contributed by atoms with Crippen LogP contribution in [0.3, 0.4) is 0 Å². The van der Waals surface area contributed by atoms with Gasteiger partial charge in [0.2, 0.25) is 0 Å². The van der Waals surface area contributed by atoms with Crippen molar-refractivity contribution in [1.29, 1.82) is 0 Å². The molecule has 13 nitrogen and oxygen atoms in total. The SMILES string of the molecule is O=[N+]([O-])[N-]n1cc[n+]([N-][N+](=O)[O-])n1.[NH3+]O. The molecule has 0 unspecified atom stereocenters. The molecule has 1 heterocycles. The lowest BCUT2D eigenvalue weighted by Gasteiger charge is -1.98. The van der Waals surface area contributed by atoms with Crippen LogP contribution < -0.4 is 10.7 Å². The van der Waals surface area contributed by atoms with Gasteiger partial charge in [0.05, 0.1) is 0 Å². The van der Waals surface area contributed by atoms with Gasteiger partial charge < -0.3 is 20.2 Å². The fourth-order valence-corrected chi connectivity index (χ4v) is 0.518. The average molecular weight is 222 g/mol. The van der Waals surface area contributed by atoms with Gasteiger partial charge >= 0.3 is 0 Å². The number of hydrogen-bond donors (Lipinski definition) is 2. The Morgan fingerprint density at radius 3 is 2.47 bits per heavy atom. The van der Waals surface area contributed by atoms with Gasteiger partial charge in [-0.25, -0.2) is 11.1 Å². The lowest BCUT2D eigenvalue weighted by molar-refractivity contribution is -0.781. The van der Waals surface area contributed by atoms with Crippen LogP contribution in [-0.4, -0.2) is 25.3 Å². The van der Waals surface area contributed by atoms with Gasteiger partial charge in [-0.05, 0) is 15.8 Å². The monoisotopic (exact) mass is 222 g/mol. The molecule has 0 atom stereocenters. The Morgan fingerprint density at radius 1 is 1.40 bits per heavy atom. The molecule has 0 aliphatic rings. The number of quaternary nitrogens is 1. The molecule has 0 fully saturated rings. The summed E-state index contributed by atoms with van der Waals surface area (Å²) in [4.78, 5) is 20.7. The van der Waals surface area contributed by atoms with Crippen molar-refractivity contribution < 1.29 is 26.0 Å². The topological polar surface area (TPSA) is 184 Å². The Hall–Kier alpha value is -2.54. The normalized spacial score (nSPS) is 8.40. The van der Waals surface area contributed by atoms with Crippen LogP contribution in [0.4, 0.5) is 0 Å². The molecule has 13 heteroatoms. The van der Waals surface area contributed by atoms with Gasteiger partial charge in [0.1, 0.15) is 0 Å². The Labute approximate surface area is 80.8 Å². The molecule has 0 aliphatic carbocycles. The van der Waals surface area contributed by atoms with E-state index in [1.165, 1.54) is 0 Å². The first-order valence-electron chi connectivity index (χ1n) is 3.10. The third-order valence-corrected chi connectivity index (χ3v) is 0.846. The predicted molar refractivity (Wildman–Crippen MR) is 38.6 cm³/mol. The molecule has 4 N–H and O–H groups in total. The Balaban J connectivity index is 0.000000921. The summed E-state index contributed by atoms with van der Waals surface area (Å²) in [6, 6.07) is 0. The van der Waals surface area contributed by atoms with E-state index in [9.17, 15) is 20.2 Å². The zero-order valence-corrected chi connectivity index (χ0v) is 7.07. The molecule has 0 amide bonds. The summed E-state index contributed by atoms with van der Waals surface area (Å²) >= 11 is 0. The number of nitrogens with zero attached hydrogens (tertiary/aromatic N) is 7. The van der Waals surface area contributed by atoms with Crippen molar-refractivity contribution in [3.63, 3.8) is 0 Å². The van der Waals surface area contributed by atoms with E-state index in [0.717, 1.165) is 12.4 Å². The summed E-state index contributed by atoms with van der Waals surface area (Å²) in [6.45, 7) is 0. The molecular weight excluding hydrogens is 216 g/mol. The molecule has 0 radical (unpaired) electrons. The van der Waals surface area contributed by atoms with Gasteiger partial charge in [0, 0.05) is 10.6 Å². The first-order valence-corrected chi connectivity index (χ1v) is 3.10. The fraction of sp³-hybridized carbons (Fsp3) is 0. The number of hydrogen-bond acceptors (Lipinski definition) is 6. The van der Waals surface area contributed by atoms with Crippen LogP contribution in [0.25, 0.3) is 11.1 Å². The van der Waals surface area contributed by atoms with Crippen LogP contribution in [-0.2, 0) is 0 Å². The van der Waals surface area contributed by atoms with Crippen molar-refractivity contribution in [2.45, 2.75) is 0 Å². The zero-order valence-electron chi connectivity index (χ0n) is 7.07. The van der Waals surface area contributed by atoms with Crippen molar-refractivity contribution in [3.05, 3.63) is 43.7 Å². The largest absolute Gasteiger partial charge is 0.355 e. The summed E-state index contributed by atoms with van der Waals surface area (Å²) < 4.78 is 0. The van der Waals surface area contributed by atoms with Gasteiger partial charge in [-0.1, -0.05) is 0 Å². The van der Waals surface area contributed by atoms with Crippen LogP contribution in [0.2, 0.25) is 0 Å². The second kappa shape index (κ2) is 6.00. The number of rotatable bonds is 4. The van der Waals surface area contributed by atoms with E-state index in [1.807, 2.05) is 0 Å². The highest BCUT2D eigenvalue weighted by atomic mass is 16.7. The molecular formula is C2H6N8O5. The van der Waals surface area contributed by atoms with E-state index in [0.29, 0.717) is 9.58 Å². The Bertz CT molecular complexity index is 303. The fourth-order valence-electron chi connectivity index (χ4n) is 0.518. The maximum absolute atomic E-state index is 9.80. The second-order valence-electron chi connectivity index (χ2n) is 1.68. The lowest BCUT2D eigenvalue weighted by Crippen LogP contribution is -2.42. The van der Waals surface area contributed by atoms with E-state index < -0.39 is 10.1 Å². The maximum atomic E-state index is 9.80. The second-order valence-corrected chi connectivity index (χ2v) is 1.68. The highest BCUT2D eigenvalue weighted by Gasteiger charge is 2.01. The van der Waals surface area contributed by atoms with Crippen LogP contribution in [0.1, 0.15) is 0 Å². The molecule has 0 aromatic carbocycles. The van der Waals surface area contributed by atoms with Gasteiger partial charge in [-0.3, -0.25) is 0 Å². The third-order valence-electron chi connectivity index (χ3n) is 0.846. The molecule has 1 aromatic heterocycles. The molecule has 1 rings (SSSR count). The quantitative estimate of drug-likeness (QED) is 0.320.